The van der Waals surface area contributed by atoms with Crippen LogP contribution in [0.3, 0.4) is 0 Å². The van der Waals surface area contributed by atoms with Crippen LogP contribution in [0.4, 0.5) is 5.69 Å². The molecule has 1 N–H and O–H groups in total. The summed E-state index contributed by atoms with van der Waals surface area (Å²) in [6, 6.07) is 16.6. The molecule has 102 valence electrons. The van der Waals surface area contributed by atoms with E-state index in [1.165, 1.54) is 0 Å². The molecule has 1 saturated heterocycles. The van der Waals surface area contributed by atoms with Crippen LogP contribution in [0.1, 0.15) is 22.2 Å². The molecule has 0 aliphatic carbocycles. The van der Waals surface area contributed by atoms with Crippen LogP contribution in [-0.2, 0) is 9.47 Å². The largest absolute Gasteiger partial charge is 0.346 e. The van der Waals surface area contributed by atoms with E-state index in [-0.39, 0.29) is 12.2 Å². The van der Waals surface area contributed by atoms with Gasteiger partial charge in [0.15, 0.2) is 6.29 Å². The number of rotatable bonds is 3. The number of carbonyl (C=O) groups is 1. The Balaban J connectivity index is 1.67. The number of carbonyl (C=O) groups excluding carboxylic acids is 1. The molecule has 20 heavy (non-hydrogen) atoms. The molecule has 1 fully saturated rings. The Bertz CT molecular complexity index is 574. The van der Waals surface area contributed by atoms with E-state index in [9.17, 15) is 4.79 Å². The van der Waals surface area contributed by atoms with Gasteiger partial charge in [0.05, 0.1) is 13.2 Å². The highest BCUT2D eigenvalue weighted by molar-refractivity contribution is 6.04. The van der Waals surface area contributed by atoms with Gasteiger partial charge in [-0.2, -0.15) is 0 Å². The first kappa shape index (κ1) is 12.8. The van der Waals surface area contributed by atoms with E-state index in [1.54, 1.807) is 12.1 Å². The zero-order valence-corrected chi connectivity index (χ0v) is 10.9. The molecule has 0 spiro atoms. The highest BCUT2D eigenvalue weighted by Crippen LogP contribution is 2.24. The maximum Gasteiger partial charge on any atom is 0.255 e. The third-order valence-corrected chi connectivity index (χ3v) is 3.10. The van der Waals surface area contributed by atoms with Crippen molar-refractivity contribution in [2.24, 2.45) is 0 Å². The first-order valence-electron chi connectivity index (χ1n) is 6.52. The number of nitrogens with one attached hydrogen (secondary N) is 1. The number of anilines is 1. The van der Waals surface area contributed by atoms with Crippen LogP contribution in [0.2, 0.25) is 0 Å². The predicted octanol–water partition coefficient (Wildman–Crippen LogP) is 2.98. The molecule has 3 rings (SSSR count). The summed E-state index contributed by atoms with van der Waals surface area (Å²) in [7, 11) is 0. The molecule has 2 aromatic rings. The van der Waals surface area contributed by atoms with Gasteiger partial charge in [-0.3, -0.25) is 4.79 Å². The average molecular weight is 269 g/mol. The number of hydrogen-bond acceptors (Lipinski definition) is 3. The molecule has 0 saturated carbocycles. The molecular weight excluding hydrogens is 254 g/mol. The number of amides is 1. The molecule has 1 heterocycles. The van der Waals surface area contributed by atoms with Crippen LogP contribution < -0.4 is 5.32 Å². The van der Waals surface area contributed by atoms with E-state index in [4.69, 9.17) is 9.47 Å². The van der Waals surface area contributed by atoms with Gasteiger partial charge in [-0.25, -0.2) is 0 Å². The summed E-state index contributed by atoms with van der Waals surface area (Å²) in [5.41, 5.74) is 2.35. The molecule has 4 heteroatoms. The maximum atomic E-state index is 12.0. The third-order valence-electron chi connectivity index (χ3n) is 3.10. The van der Waals surface area contributed by atoms with Gasteiger partial charge in [0.1, 0.15) is 0 Å². The van der Waals surface area contributed by atoms with Crippen LogP contribution in [0, 0.1) is 0 Å². The normalized spacial score (nSPS) is 15.2. The second-order valence-corrected chi connectivity index (χ2v) is 4.52. The van der Waals surface area contributed by atoms with Crippen molar-refractivity contribution in [1.29, 1.82) is 0 Å². The van der Waals surface area contributed by atoms with Crippen molar-refractivity contribution in [2.75, 3.05) is 18.5 Å². The fraction of sp³-hybridized carbons (Fsp3) is 0.188. The molecule has 0 unspecified atom stereocenters. The van der Waals surface area contributed by atoms with Crippen molar-refractivity contribution in [2.45, 2.75) is 6.29 Å². The van der Waals surface area contributed by atoms with Crippen LogP contribution in [-0.4, -0.2) is 19.1 Å². The van der Waals surface area contributed by atoms with Crippen LogP contribution in [0.25, 0.3) is 0 Å². The van der Waals surface area contributed by atoms with Crippen LogP contribution in [0.5, 0.6) is 0 Å². The van der Waals surface area contributed by atoms with Crippen LogP contribution in [0.15, 0.2) is 54.6 Å². The quantitative estimate of drug-likeness (QED) is 0.931. The lowest BCUT2D eigenvalue weighted by atomic mass is 10.2. The Hall–Kier alpha value is -2.17. The molecule has 0 bridgehead atoms. The average Bonchev–Trinajstić information content (AvgIpc) is 3.03. The highest BCUT2D eigenvalue weighted by Gasteiger charge is 2.17. The number of ether oxygens (including phenoxy) is 2. The SMILES string of the molecule is O=C(Nc1ccc(C2OCCO2)cc1)c1ccccc1. The summed E-state index contributed by atoms with van der Waals surface area (Å²) < 4.78 is 10.8. The van der Waals surface area contributed by atoms with Crippen molar-refractivity contribution in [3.63, 3.8) is 0 Å². The Labute approximate surface area is 117 Å². The van der Waals surface area contributed by atoms with Gasteiger partial charge in [-0.1, -0.05) is 30.3 Å². The van der Waals surface area contributed by atoms with Gasteiger partial charge in [0.2, 0.25) is 0 Å². The lowest BCUT2D eigenvalue weighted by molar-refractivity contribution is -0.0441. The van der Waals surface area contributed by atoms with E-state index in [1.807, 2.05) is 42.5 Å². The van der Waals surface area contributed by atoms with Gasteiger partial charge in [0.25, 0.3) is 5.91 Å². The second-order valence-electron chi connectivity index (χ2n) is 4.52. The Morgan fingerprint density at radius 3 is 2.25 bits per heavy atom. The van der Waals surface area contributed by atoms with Gasteiger partial charge < -0.3 is 14.8 Å². The summed E-state index contributed by atoms with van der Waals surface area (Å²) >= 11 is 0. The fourth-order valence-corrected chi connectivity index (χ4v) is 2.07. The van der Waals surface area contributed by atoms with E-state index in [0.29, 0.717) is 18.8 Å². The smallest absolute Gasteiger partial charge is 0.255 e. The zero-order chi connectivity index (χ0) is 13.8. The van der Waals surface area contributed by atoms with Crippen molar-refractivity contribution >= 4 is 11.6 Å². The van der Waals surface area contributed by atoms with E-state index < -0.39 is 0 Å². The lowest BCUT2D eigenvalue weighted by Crippen LogP contribution is -2.11. The number of benzene rings is 2. The molecule has 1 aliphatic rings. The predicted molar refractivity (Wildman–Crippen MR) is 75.5 cm³/mol. The molecule has 1 aliphatic heterocycles. The first-order valence-corrected chi connectivity index (χ1v) is 6.52. The van der Waals surface area contributed by atoms with Crippen LogP contribution >= 0.6 is 0 Å². The third kappa shape index (κ3) is 2.87. The molecule has 0 atom stereocenters. The van der Waals surface area contributed by atoms with E-state index in [2.05, 4.69) is 5.32 Å². The minimum Gasteiger partial charge on any atom is -0.346 e. The summed E-state index contributed by atoms with van der Waals surface area (Å²) in [5, 5.41) is 2.86. The Morgan fingerprint density at radius 2 is 1.60 bits per heavy atom. The minimum atomic E-state index is -0.283. The Morgan fingerprint density at radius 1 is 0.950 bits per heavy atom. The van der Waals surface area contributed by atoms with Crippen molar-refractivity contribution < 1.29 is 14.3 Å². The Kier molecular flexibility index (Phi) is 3.76. The van der Waals surface area contributed by atoms with Crippen molar-refractivity contribution in [3.8, 4) is 0 Å². The van der Waals surface area contributed by atoms with Gasteiger partial charge in [0, 0.05) is 16.8 Å². The molecule has 2 aromatic carbocycles. The number of hydrogen-bond donors (Lipinski definition) is 1. The van der Waals surface area contributed by atoms with Gasteiger partial charge in [-0.15, -0.1) is 0 Å². The zero-order valence-electron chi connectivity index (χ0n) is 10.9. The topological polar surface area (TPSA) is 47.6 Å². The summed E-state index contributed by atoms with van der Waals surface area (Å²) in [5.74, 6) is -0.119. The molecule has 4 nitrogen and oxygen atoms in total. The minimum absolute atomic E-state index is 0.119. The van der Waals surface area contributed by atoms with E-state index >= 15 is 0 Å². The maximum absolute atomic E-state index is 12.0. The van der Waals surface area contributed by atoms with Crippen molar-refractivity contribution in [3.05, 3.63) is 65.7 Å². The summed E-state index contributed by atoms with van der Waals surface area (Å²) in [4.78, 5) is 12.0. The highest BCUT2D eigenvalue weighted by atomic mass is 16.7. The fourth-order valence-electron chi connectivity index (χ4n) is 2.07. The second kappa shape index (κ2) is 5.86. The van der Waals surface area contributed by atoms with E-state index in [0.717, 1.165) is 11.3 Å². The lowest BCUT2D eigenvalue weighted by Gasteiger charge is -2.10. The van der Waals surface area contributed by atoms with Gasteiger partial charge in [-0.05, 0) is 24.3 Å². The monoisotopic (exact) mass is 269 g/mol. The molecule has 0 aromatic heterocycles. The molecule has 0 radical (unpaired) electrons. The van der Waals surface area contributed by atoms with Gasteiger partial charge >= 0.3 is 0 Å². The molecule has 1 amide bonds. The standard InChI is InChI=1S/C16H15NO3/c18-15(12-4-2-1-3-5-12)17-14-8-6-13(7-9-14)16-19-10-11-20-16/h1-9,16H,10-11H2,(H,17,18). The summed E-state index contributed by atoms with van der Waals surface area (Å²) in [6.07, 6.45) is -0.283. The first-order chi connectivity index (χ1) is 9.83. The van der Waals surface area contributed by atoms with Crippen molar-refractivity contribution in [1.82, 2.24) is 0 Å². The molecular formula is C16H15NO3. The summed E-state index contributed by atoms with van der Waals surface area (Å²) in [6.45, 7) is 1.24.